The zero-order valence-corrected chi connectivity index (χ0v) is 22.3. The number of piperidine rings is 1. The van der Waals surface area contributed by atoms with E-state index in [4.69, 9.17) is 4.74 Å². The zero-order chi connectivity index (χ0) is 27.1. The second kappa shape index (κ2) is 12.8. The molecule has 2 amide bonds. The molecule has 0 unspecified atom stereocenters. The van der Waals surface area contributed by atoms with Crippen LogP contribution in [0.25, 0.3) is 11.1 Å². The number of halogens is 1. The predicted molar refractivity (Wildman–Crippen MR) is 144 cm³/mol. The number of nitrogens with one attached hydrogen (secondary N) is 2. The van der Waals surface area contributed by atoms with Gasteiger partial charge in [-0.05, 0) is 74.9 Å². The van der Waals surface area contributed by atoms with Crippen LogP contribution in [0.4, 0.5) is 4.39 Å². The topological polar surface area (TPSA) is 104 Å². The third-order valence-electron chi connectivity index (χ3n) is 7.83. The number of nitrogens with zero attached hydrogens (tertiary/aromatic N) is 2. The normalized spacial score (nSPS) is 20.8. The van der Waals surface area contributed by atoms with Gasteiger partial charge in [-0.15, -0.1) is 0 Å². The van der Waals surface area contributed by atoms with Gasteiger partial charge in [-0.25, -0.2) is 9.37 Å². The van der Waals surface area contributed by atoms with Gasteiger partial charge in [0.05, 0.1) is 18.8 Å². The summed E-state index contributed by atoms with van der Waals surface area (Å²) in [5, 5.41) is 14.8. The largest absolute Gasteiger partial charge is 0.477 e. The molecular formula is C29H39FN4O4. The van der Waals surface area contributed by atoms with Crippen molar-refractivity contribution in [3.8, 4) is 17.0 Å². The van der Waals surface area contributed by atoms with Crippen molar-refractivity contribution in [3.05, 3.63) is 48.2 Å². The number of hydrogen-bond acceptors (Lipinski definition) is 7. The molecule has 206 valence electrons. The highest BCUT2D eigenvalue weighted by Crippen LogP contribution is 2.26. The van der Waals surface area contributed by atoms with Crippen LogP contribution in [0.1, 0.15) is 56.3 Å². The molecule has 0 spiro atoms. The minimum Gasteiger partial charge on any atom is -0.477 e. The van der Waals surface area contributed by atoms with Crippen LogP contribution in [0.2, 0.25) is 0 Å². The number of carbonyl (C=O) groups is 2. The van der Waals surface area contributed by atoms with E-state index in [0.717, 1.165) is 37.1 Å². The van der Waals surface area contributed by atoms with Crippen LogP contribution in [0.5, 0.6) is 5.88 Å². The Labute approximate surface area is 224 Å². The van der Waals surface area contributed by atoms with Crippen molar-refractivity contribution in [2.75, 3.05) is 32.8 Å². The molecular weight excluding hydrogens is 487 g/mol. The number of ether oxygens (including phenoxy) is 1. The molecule has 8 nitrogen and oxygen atoms in total. The van der Waals surface area contributed by atoms with Gasteiger partial charge < -0.3 is 20.1 Å². The van der Waals surface area contributed by atoms with Crippen molar-refractivity contribution in [1.82, 2.24) is 20.5 Å². The monoisotopic (exact) mass is 526 g/mol. The Morgan fingerprint density at radius 1 is 1.13 bits per heavy atom. The molecule has 2 aliphatic rings. The lowest BCUT2D eigenvalue weighted by molar-refractivity contribution is -0.121. The number of carbonyl (C=O) groups excluding carboxylic acids is 2. The van der Waals surface area contributed by atoms with Gasteiger partial charge in [0.2, 0.25) is 11.8 Å². The van der Waals surface area contributed by atoms with Crippen molar-refractivity contribution in [2.24, 2.45) is 5.92 Å². The van der Waals surface area contributed by atoms with Gasteiger partial charge in [0.25, 0.3) is 5.91 Å². The molecule has 0 radical (unpaired) electrons. The Morgan fingerprint density at radius 2 is 1.82 bits per heavy atom. The number of amides is 2. The van der Waals surface area contributed by atoms with Gasteiger partial charge in [-0.1, -0.05) is 26.0 Å². The van der Waals surface area contributed by atoms with Gasteiger partial charge in [-0.2, -0.15) is 0 Å². The number of alkyl halides is 1. The summed E-state index contributed by atoms with van der Waals surface area (Å²) in [6.07, 6.45) is 4.56. The first kappa shape index (κ1) is 28.1. The molecule has 0 bridgehead atoms. The first-order valence-corrected chi connectivity index (χ1v) is 13.7. The molecule has 38 heavy (non-hydrogen) atoms. The van der Waals surface area contributed by atoms with E-state index in [1.165, 1.54) is 0 Å². The fourth-order valence-electron chi connectivity index (χ4n) is 5.03. The number of aliphatic hydroxyl groups is 1. The van der Waals surface area contributed by atoms with E-state index >= 15 is 0 Å². The number of benzene rings is 1. The number of hydrogen-bond donors (Lipinski definition) is 3. The summed E-state index contributed by atoms with van der Waals surface area (Å²) in [6.45, 7) is 7.10. The zero-order valence-electron chi connectivity index (χ0n) is 22.3. The molecule has 2 aliphatic heterocycles. The highest BCUT2D eigenvalue weighted by atomic mass is 19.1. The summed E-state index contributed by atoms with van der Waals surface area (Å²) in [5.74, 6) is 0.0917. The van der Waals surface area contributed by atoms with E-state index in [2.05, 4.69) is 20.5 Å². The number of imide groups is 1. The predicted octanol–water partition coefficient (Wildman–Crippen LogP) is 3.35. The number of rotatable bonds is 10. The third-order valence-corrected chi connectivity index (χ3v) is 7.83. The molecule has 3 heterocycles. The number of aromatic nitrogens is 1. The van der Waals surface area contributed by atoms with Crippen LogP contribution in [-0.2, 0) is 4.79 Å². The fourth-order valence-corrected chi connectivity index (χ4v) is 5.03. The van der Waals surface area contributed by atoms with E-state index in [1.807, 2.05) is 38.1 Å². The molecule has 2 saturated heterocycles. The van der Waals surface area contributed by atoms with E-state index in [9.17, 15) is 19.1 Å². The van der Waals surface area contributed by atoms with E-state index < -0.39 is 29.6 Å². The highest BCUT2D eigenvalue weighted by molar-refractivity contribution is 6.06. The fraction of sp³-hybridized carbons (Fsp3) is 0.552. The number of pyridine rings is 1. The van der Waals surface area contributed by atoms with Gasteiger partial charge in [0.15, 0.2) is 0 Å². The maximum Gasteiger partial charge on any atom is 0.257 e. The first-order chi connectivity index (χ1) is 18.3. The molecule has 2 aromatic rings. The lowest BCUT2D eigenvalue weighted by atomic mass is 9.94. The van der Waals surface area contributed by atoms with E-state index in [-0.39, 0.29) is 0 Å². The maximum atomic E-state index is 14.7. The van der Waals surface area contributed by atoms with Crippen molar-refractivity contribution in [3.63, 3.8) is 0 Å². The smallest absolute Gasteiger partial charge is 0.257 e. The minimum absolute atomic E-state index is 0.295. The first-order valence-electron chi connectivity index (χ1n) is 13.7. The van der Waals surface area contributed by atoms with Gasteiger partial charge >= 0.3 is 0 Å². The summed E-state index contributed by atoms with van der Waals surface area (Å²) in [6, 6.07) is 10.2. The van der Waals surface area contributed by atoms with E-state index in [0.29, 0.717) is 56.3 Å². The average Bonchev–Trinajstić information content (AvgIpc) is 3.39. The Balaban J connectivity index is 1.22. The Hall–Kier alpha value is -2.88. The number of aliphatic hydroxyl groups excluding tert-OH is 1. The third kappa shape index (κ3) is 7.36. The standard InChI is InChI=1S/C29H39FN4O4/c1-3-29(30,4-2)19-34-13-11-20(12-14-34)18-38-26-10-9-23(16-32-26)21-5-7-22(8-6-21)27(36)33-28(37)25-15-24(35)17-31-25/h5-10,16,20,24-25,31,35H,3-4,11-15,17-19H2,1-2H3,(H,33,36,37)/t24-,25+/m1/s1. The SMILES string of the molecule is CCC(F)(CC)CN1CCC(COc2ccc(-c3ccc(C(=O)NC(=O)[C@@H]4C[C@@H](O)CN4)cc3)cn2)CC1. The lowest BCUT2D eigenvalue weighted by Crippen LogP contribution is -2.44. The second-order valence-electron chi connectivity index (χ2n) is 10.5. The molecule has 2 fully saturated rings. The lowest BCUT2D eigenvalue weighted by Gasteiger charge is -2.36. The van der Waals surface area contributed by atoms with Crippen molar-refractivity contribution in [1.29, 1.82) is 0 Å². The van der Waals surface area contributed by atoms with E-state index in [1.54, 1.807) is 18.3 Å². The molecule has 1 aromatic carbocycles. The molecule has 2 atom stereocenters. The summed E-state index contributed by atoms with van der Waals surface area (Å²) < 4.78 is 20.6. The highest BCUT2D eigenvalue weighted by Gasteiger charge is 2.31. The van der Waals surface area contributed by atoms with Crippen molar-refractivity contribution >= 4 is 11.8 Å². The average molecular weight is 527 g/mol. The Bertz CT molecular complexity index is 1070. The van der Waals surface area contributed by atoms with Crippen LogP contribution in [0.15, 0.2) is 42.6 Å². The minimum atomic E-state index is -1.08. The molecule has 9 heteroatoms. The maximum absolute atomic E-state index is 14.7. The van der Waals surface area contributed by atoms with Crippen LogP contribution >= 0.6 is 0 Å². The van der Waals surface area contributed by atoms with Crippen LogP contribution in [-0.4, -0.2) is 77.4 Å². The van der Waals surface area contributed by atoms with Gasteiger partial charge in [0.1, 0.15) is 5.67 Å². The van der Waals surface area contributed by atoms with Crippen LogP contribution < -0.4 is 15.4 Å². The molecule has 4 rings (SSSR count). The summed E-state index contributed by atoms with van der Waals surface area (Å²) in [5.41, 5.74) is 1.07. The van der Waals surface area contributed by atoms with Crippen LogP contribution in [0, 0.1) is 5.92 Å². The van der Waals surface area contributed by atoms with Crippen molar-refractivity contribution in [2.45, 2.75) is 63.8 Å². The summed E-state index contributed by atoms with van der Waals surface area (Å²) in [4.78, 5) is 31.3. The molecule has 0 aliphatic carbocycles. The van der Waals surface area contributed by atoms with Crippen LogP contribution in [0.3, 0.4) is 0 Å². The molecule has 0 saturated carbocycles. The second-order valence-corrected chi connectivity index (χ2v) is 10.5. The molecule has 1 aromatic heterocycles. The number of likely N-dealkylation sites (tertiary alicyclic amines) is 1. The molecule has 3 N–H and O–H groups in total. The Kier molecular flexibility index (Phi) is 9.46. The van der Waals surface area contributed by atoms with Gasteiger partial charge in [-0.3, -0.25) is 14.9 Å². The quantitative estimate of drug-likeness (QED) is 0.408. The Morgan fingerprint density at radius 3 is 2.39 bits per heavy atom. The van der Waals surface area contributed by atoms with Crippen molar-refractivity contribution < 1.29 is 23.8 Å². The summed E-state index contributed by atoms with van der Waals surface area (Å²) in [7, 11) is 0. The summed E-state index contributed by atoms with van der Waals surface area (Å²) >= 11 is 0. The number of β-amino-alcohol motifs (C(OH)–C–C–N with tert-alkyl or cyclic N) is 1. The van der Waals surface area contributed by atoms with Gasteiger partial charge in [0, 0.05) is 36.5 Å².